The maximum Gasteiger partial charge on any atom is 0.387 e. The van der Waals surface area contributed by atoms with Crippen molar-refractivity contribution < 1.29 is 23.4 Å². The molecule has 0 fully saturated rings. The molecule has 2 rings (SSSR count). The van der Waals surface area contributed by atoms with Crippen LogP contribution in [-0.4, -0.2) is 17.7 Å². The molecule has 0 radical (unpaired) electrons. The zero-order valence-corrected chi connectivity index (χ0v) is 11.6. The summed E-state index contributed by atoms with van der Waals surface area (Å²) in [4.78, 5) is 10.9. The monoisotopic (exact) mass is 342 g/mol. The van der Waals surface area contributed by atoms with E-state index in [0.717, 1.165) is 10.5 Å². The Morgan fingerprint density at radius 3 is 2.55 bits per heavy atom. The van der Waals surface area contributed by atoms with Gasteiger partial charge in [0.25, 0.3) is 0 Å². The quantitative estimate of drug-likeness (QED) is 0.894. The lowest BCUT2D eigenvalue weighted by molar-refractivity contribution is -0.0495. The third-order valence-corrected chi connectivity index (χ3v) is 3.07. The van der Waals surface area contributed by atoms with Crippen molar-refractivity contribution in [3.63, 3.8) is 0 Å². The van der Waals surface area contributed by atoms with Crippen molar-refractivity contribution in [2.45, 2.75) is 6.61 Å². The number of ether oxygens (including phenoxy) is 1. The Morgan fingerprint density at radius 2 is 1.95 bits per heavy atom. The van der Waals surface area contributed by atoms with Crippen molar-refractivity contribution in [2.75, 3.05) is 0 Å². The van der Waals surface area contributed by atoms with Crippen LogP contribution < -0.4 is 4.74 Å². The number of hydrogen-bond donors (Lipinski definition) is 1. The first-order valence-electron chi connectivity index (χ1n) is 5.55. The minimum atomic E-state index is -3.02. The molecule has 2 aromatic carbocycles. The Bertz CT molecular complexity index is 644. The number of aromatic carboxylic acids is 1. The van der Waals surface area contributed by atoms with Gasteiger partial charge in [0.05, 0.1) is 5.56 Å². The molecule has 0 atom stereocenters. The second kappa shape index (κ2) is 6.00. The number of halogens is 3. The average Bonchev–Trinajstić information content (AvgIpc) is 2.37. The molecule has 2 aromatic rings. The fraction of sp³-hybridized carbons (Fsp3) is 0.0714. The molecule has 0 amide bonds. The minimum Gasteiger partial charge on any atom is -0.478 e. The Morgan fingerprint density at radius 1 is 1.20 bits per heavy atom. The highest BCUT2D eigenvalue weighted by atomic mass is 79.9. The van der Waals surface area contributed by atoms with Crippen LogP contribution in [-0.2, 0) is 0 Å². The van der Waals surface area contributed by atoms with Gasteiger partial charge in [0.1, 0.15) is 5.75 Å². The second-order valence-corrected chi connectivity index (χ2v) is 4.82. The molecule has 0 saturated carbocycles. The number of rotatable bonds is 4. The molecular formula is C14H9BrF2O3. The van der Waals surface area contributed by atoms with Crippen LogP contribution in [0.3, 0.4) is 0 Å². The largest absolute Gasteiger partial charge is 0.478 e. The van der Waals surface area contributed by atoms with E-state index in [-0.39, 0.29) is 11.3 Å². The van der Waals surface area contributed by atoms with Crippen molar-refractivity contribution in [1.29, 1.82) is 0 Å². The summed E-state index contributed by atoms with van der Waals surface area (Å²) in [7, 11) is 0. The number of hydrogen-bond acceptors (Lipinski definition) is 2. The highest BCUT2D eigenvalue weighted by molar-refractivity contribution is 9.10. The molecule has 0 aliphatic rings. The van der Waals surface area contributed by atoms with Gasteiger partial charge in [0.2, 0.25) is 0 Å². The van der Waals surface area contributed by atoms with Crippen LogP contribution in [0.5, 0.6) is 5.75 Å². The molecule has 0 aliphatic carbocycles. The molecule has 0 spiro atoms. The first-order chi connectivity index (χ1) is 9.47. The number of benzene rings is 2. The summed E-state index contributed by atoms with van der Waals surface area (Å²) in [5, 5.41) is 8.90. The highest BCUT2D eigenvalue weighted by Crippen LogP contribution is 2.33. The molecule has 104 valence electrons. The van der Waals surface area contributed by atoms with Crippen LogP contribution in [0.25, 0.3) is 11.1 Å². The van der Waals surface area contributed by atoms with Crippen molar-refractivity contribution in [3.05, 3.63) is 52.5 Å². The molecule has 0 heterocycles. The molecule has 3 nitrogen and oxygen atoms in total. The zero-order chi connectivity index (χ0) is 14.7. The topological polar surface area (TPSA) is 46.5 Å². The first kappa shape index (κ1) is 14.5. The second-order valence-electron chi connectivity index (χ2n) is 3.90. The summed E-state index contributed by atoms with van der Waals surface area (Å²) in [5.41, 5.74) is 0.933. The predicted octanol–water partition coefficient (Wildman–Crippen LogP) is 4.42. The molecule has 0 aliphatic heterocycles. The summed E-state index contributed by atoms with van der Waals surface area (Å²) in [6.07, 6.45) is 0. The van der Waals surface area contributed by atoms with Crippen LogP contribution in [0.15, 0.2) is 46.9 Å². The van der Waals surface area contributed by atoms with Crippen molar-refractivity contribution in [2.24, 2.45) is 0 Å². The third kappa shape index (κ3) is 3.33. The van der Waals surface area contributed by atoms with Crippen molar-refractivity contribution in [1.82, 2.24) is 0 Å². The van der Waals surface area contributed by atoms with Gasteiger partial charge < -0.3 is 9.84 Å². The van der Waals surface area contributed by atoms with E-state index in [0.29, 0.717) is 11.1 Å². The number of carbonyl (C=O) groups is 1. The van der Waals surface area contributed by atoms with Gasteiger partial charge in [-0.05, 0) is 35.9 Å². The smallest absolute Gasteiger partial charge is 0.387 e. The van der Waals surface area contributed by atoms with E-state index < -0.39 is 12.6 Å². The Hall–Kier alpha value is -1.95. The molecule has 20 heavy (non-hydrogen) atoms. The van der Waals surface area contributed by atoms with Crippen LogP contribution in [0, 0.1) is 0 Å². The number of carboxylic acid groups (broad SMARTS) is 1. The van der Waals surface area contributed by atoms with Gasteiger partial charge in [-0.25, -0.2) is 4.79 Å². The molecule has 6 heteroatoms. The molecule has 0 saturated heterocycles. The van der Waals surface area contributed by atoms with E-state index >= 15 is 0 Å². The number of carboxylic acids is 1. The summed E-state index contributed by atoms with van der Waals surface area (Å²) >= 11 is 3.29. The maximum absolute atomic E-state index is 12.4. The van der Waals surface area contributed by atoms with Gasteiger partial charge in [-0.15, -0.1) is 0 Å². The highest BCUT2D eigenvalue weighted by Gasteiger charge is 2.14. The summed E-state index contributed by atoms with van der Waals surface area (Å²) in [5.74, 6) is -1.37. The van der Waals surface area contributed by atoms with Gasteiger partial charge in [-0.2, -0.15) is 8.78 Å². The van der Waals surface area contributed by atoms with E-state index in [1.807, 2.05) is 0 Å². The lowest BCUT2D eigenvalue weighted by Gasteiger charge is -2.12. The zero-order valence-electron chi connectivity index (χ0n) is 10.0. The molecule has 1 N–H and O–H groups in total. The van der Waals surface area contributed by atoms with Crippen LogP contribution in [0.1, 0.15) is 10.4 Å². The minimum absolute atomic E-state index is 0.112. The fourth-order valence-electron chi connectivity index (χ4n) is 1.74. The van der Waals surface area contributed by atoms with Crippen molar-refractivity contribution >= 4 is 21.9 Å². The molecule has 0 bridgehead atoms. The van der Waals surface area contributed by atoms with E-state index in [4.69, 9.17) is 5.11 Å². The van der Waals surface area contributed by atoms with E-state index in [2.05, 4.69) is 20.7 Å². The summed E-state index contributed by atoms with van der Waals surface area (Å²) in [6, 6.07) is 10.9. The first-order valence-corrected chi connectivity index (χ1v) is 6.35. The van der Waals surface area contributed by atoms with Gasteiger partial charge in [0.15, 0.2) is 0 Å². The SMILES string of the molecule is O=C(O)c1ccc(-c2cccc(Br)c2)c(OC(F)F)c1. The van der Waals surface area contributed by atoms with Gasteiger partial charge in [-0.3, -0.25) is 0 Å². The van der Waals surface area contributed by atoms with E-state index in [9.17, 15) is 13.6 Å². The van der Waals surface area contributed by atoms with Gasteiger partial charge in [0, 0.05) is 10.0 Å². The summed E-state index contributed by atoms with van der Waals surface area (Å²) in [6.45, 7) is -3.02. The Kier molecular flexibility index (Phi) is 4.34. The Labute approximate surface area is 121 Å². The average molecular weight is 343 g/mol. The van der Waals surface area contributed by atoms with Gasteiger partial charge in [-0.1, -0.05) is 28.1 Å². The molecular weight excluding hydrogens is 334 g/mol. The standard InChI is InChI=1S/C14H9BrF2O3/c15-10-3-1-2-8(6-10)11-5-4-9(13(18)19)7-12(11)20-14(16)17/h1-7,14H,(H,18,19). The lowest BCUT2D eigenvalue weighted by atomic mass is 10.0. The lowest BCUT2D eigenvalue weighted by Crippen LogP contribution is -2.05. The maximum atomic E-state index is 12.4. The van der Waals surface area contributed by atoms with Gasteiger partial charge >= 0.3 is 12.6 Å². The summed E-state index contributed by atoms with van der Waals surface area (Å²) < 4.78 is 30.1. The molecule has 0 aromatic heterocycles. The molecule has 0 unspecified atom stereocenters. The predicted molar refractivity (Wildman–Crippen MR) is 73.2 cm³/mol. The van der Waals surface area contributed by atoms with Crippen LogP contribution in [0.4, 0.5) is 8.78 Å². The Balaban J connectivity index is 2.53. The number of alkyl halides is 2. The van der Waals surface area contributed by atoms with Crippen LogP contribution in [0.2, 0.25) is 0 Å². The normalized spacial score (nSPS) is 10.6. The van der Waals surface area contributed by atoms with E-state index in [1.54, 1.807) is 24.3 Å². The third-order valence-electron chi connectivity index (χ3n) is 2.58. The van der Waals surface area contributed by atoms with Crippen molar-refractivity contribution in [3.8, 4) is 16.9 Å². The van der Waals surface area contributed by atoms with Crippen LogP contribution >= 0.6 is 15.9 Å². The fourth-order valence-corrected chi connectivity index (χ4v) is 2.14. The van der Waals surface area contributed by atoms with E-state index in [1.165, 1.54) is 12.1 Å².